The fourth-order valence-corrected chi connectivity index (χ4v) is 4.15. The Bertz CT molecular complexity index is 939. The molecule has 0 fully saturated rings. The predicted octanol–water partition coefficient (Wildman–Crippen LogP) is 4.04. The molecular weight excluding hydrogens is 372 g/mol. The van der Waals surface area contributed by atoms with Gasteiger partial charge in [0.15, 0.2) is 0 Å². The first kappa shape index (κ1) is 22.0. The van der Waals surface area contributed by atoms with Crippen LogP contribution in [-0.4, -0.2) is 27.1 Å². The first-order valence-corrected chi connectivity index (χ1v) is 11.3. The van der Waals surface area contributed by atoms with Gasteiger partial charge in [0.25, 0.3) is 0 Å². The third-order valence-corrected chi connectivity index (χ3v) is 6.14. The third-order valence-electron chi connectivity index (χ3n) is 4.96. The van der Waals surface area contributed by atoms with Crippen LogP contribution in [0.4, 0.5) is 5.69 Å². The van der Waals surface area contributed by atoms with Crippen LogP contribution in [0.3, 0.4) is 0 Å². The van der Waals surface area contributed by atoms with E-state index in [4.69, 9.17) is 0 Å². The molecule has 2 rings (SSSR count). The Morgan fingerprint density at radius 1 is 1.04 bits per heavy atom. The van der Waals surface area contributed by atoms with Crippen molar-refractivity contribution in [3.63, 3.8) is 0 Å². The number of sulfonamides is 1. The molecule has 0 aromatic heterocycles. The lowest BCUT2D eigenvalue weighted by Gasteiger charge is -2.24. The normalized spacial score (nSPS) is 12.5. The number of nitrogens with zero attached hydrogens (tertiary/aromatic N) is 1. The highest BCUT2D eigenvalue weighted by molar-refractivity contribution is 7.92. The fraction of sp³-hybridized carbons (Fsp3) is 0.409. The molecule has 5 nitrogen and oxygen atoms in total. The fourth-order valence-electron chi connectivity index (χ4n) is 3.12. The Labute approximate surface area is 168 Å². The minimum Gasteiger partial charge on any atom is -0.350 e. The van der Waals surface area contributed by atoms with Crippen molar-refractivity contribution < 1.29 is 13.2 Å². The Kier molecular flexibility index (Phi) is 7.24. The maximum Gasteiger partial charge on any atom is 0.232 e. The van der Waals surface area contributed by atoms with Crippen molar-refractivity contribution >= 4 is 21.6 Å². The standard InChI is InChI=1S/C22H30N2O3S/c1-16-12-13-20(15-18(16)3)19(4)23-22(25)11-8-14-24(28(5,26)27)21-10-7-6-9-17(21)2/h6-7,9-10,12-13,15,19H,8,11,14H2,1-5H3,(H,23,25)/t19-/m1/s1. The van der Waals surface area contributed by atoms with Crippen LogP contribution in [0.25, 0.3) is 0 Å². The van der Waals surface area contributed by atoms with E-state index in [0.717, 1.165) is 11.1 Å². The van der Waals surface area contributed by atoms with Crippen LogP contribution in [0.2, 0.25) is 0 Å². The van der Waals surface area contributed by atoms with Crippen LogP contribution in [0.5, 0.6) is 0 Å². The molecule has 0 radical (unpaired) electrons. The van der Waals surface area contributed by atoms with Crippen LogP contribution < -0.4 is 9.62 Å². The van der Waals surface area contributed by atoms with Gasteiger partial charge in [-0.15, -0.1) is 0 Å². The average molecular weight is 403 g/mol. The summed E-state index contributed by atoms with van der Waals surface area (Å²) >= 11 is 0. The molecule has 6 heteroatoms. The smallest absolute Gasteiger partial charge is 0.232 e. The highest BCUT2D eigenvalue weighted by Gasteiger charge is 2.19. The minimum atomic E-state index is -3.41. The molecule has 0 aliphatic heterocycles. The molecule has 1 atom stereocenters. The van der Waals surface area contributed by atoms with Gasteiger partial charge in [-0.2, -0.15) is 0 Å². The summed E-state index contributed by atoms with van der Waals surface area (Å²) in [5.74, 6) is -0.0797. The number of anilines is 1. The van der Waals surface area contributed by atoms with E-state index in [2.05, 4.69) is 31.3 Å². The topological polar surface area (TPSA) is 66.5 Å². The number of carbonyl (C=O) groups is 1. The Balaban J connectivity index is 1.95. The number of nitrogens with one attached hydrogen (secondary N) is 1. The predicted molar refractivity (Wildman–Crippen MR) is 115 cm³/mol. The maximum atomic E-state index is 12.3. The molecular formula is C22H30N2O3S. The van der Waals surface area contributed by atoms with Crippen LogP contribution >= 0.6 is 0 Å². The van der Waals surface area contributed by atoms with Crippen molar-refractivity contribution in [1.82, 2.24) is 5.32 Å². The van der Waals surface area contributed by atoms with Gasteiger partial charge in [0.2, 0.25) is 15.9 Å². The number of aryl methyl sites for hydroxylation is 3. The SMILES string of the molecule is Cc1ccc([C@@H](C)NC(=O)CCCN(c2ccccc2C)S(C)(=O)=O)cc1C. The molecule has 2 aromatic carbocycles. The quantitative estimate of drug-likeness (QED) is 0.725. The van der Waals surface area contributed by atoms with Crippen molar-refractivity contribution in [1.29, 1.82) is 0 Å². The first-order chi connectivity index (χ1) is 13.1. The molecule has 28 heavy (non-hydrogen) atoms. The summed E-state index contributed by atoms with van der Waals surface area (Å²) < 4.78 is 25.8. The van der Waals surface area contributed by atoms with E-state index in [1.165, 1.54) is 21.7 Å². The number of para-hydroxylation sites is 1. The zero-order chi connectivity index (χ0) is 20.9. The van der Waals surface area contributed by atoms with E-state index in [1.54, 1.807) is 6.07 Å². The van der Waals surface area contributed by atoms with E-state index in [1.807, 2.05) is 38.1 Å². The average Bonchev–Trinajstić information content (AvgIpc) is 2.61. The summed E-state index contributed by atoms with van der Waals surface area (Å²) in [4.78, 5) is 12.3. The summed E-state index contributed by atoms with van der Waals surface area (Å²) in [6, 6.07) is 13.4. The van der Waals surface area contributed by atoms with Crippen LogP contribution in [-0.2, 0) is 14.8 Å². The molecule has 152 valence electrons. The second-order valence-electron chi connectivity index (χ2n) is 7.36. The lowest BCUT2D eigenvalue weighted by Crippen LogP contribution is -2.33. The van der Waals surface area contributed by atoms with Gasteiger partial charge in [-0.05, 0) is 62.4 Å². The van der Waals surface area contributed by atoms with E-state index < -0.39 is 10.0 Å². The van der Waals surface area contributed by atoms with E-state index >= 15 is 0 Å². The molecule has 0 saturated heterocycles. The molecule has 0 aliphatic rings. The minimum absolute atomic E-state index is 0.0797. The van der Waals surface area contributed by atoms with Gasteiger partial charge in [-0.25, -0.2) is 8.42 Å². The number of benzene rings is 2. The van der Waals surface area contributed by atoms with Crippen molar-refractivity contribution in [2.75, 3.05) is 17.1 Å². The first-order valence-electron chi connectivity index (χ1n) is 9.49. The third kappa shape index (κ3) is 5.83. The summed E-state index contributed by atoms with van der Waals surface area (Å²) in [7, 11) is -3.41. The molecule has 0 bridgehead atoms. The van der Waals surface area contributed by atoms with Gasteiger partial charge < -0.3 is 5.32 Å². The summed E-state index contributed by atoms with van der Waals surface area (Å²) in [5.41, 5.74) is 5.03. The highest BCUT2D eigenvalue weighted by Crippen LogP contribution is 2.22. The Morgan fingerprint density at radius 2 is 1.71 bits per heavy atom. The second kappa shape index (κ2) is 9.24. The lowest BCUT2D eigenvalue weighted by molar-refractivity contribution is -0.121. The van der Waals surface area contributed by atoms with Crippen molar-refractivity contribution in [2.24, 2.45) is 0 Å². The molecule has 0 heterocycles. The monoisotopic (exact) mass is 402 g/mol. The van der Waals surface area contributed by atoms with E-state index in [0.29, 0.717) is 12.1 Å². The number of rotatable bonds is 8. The number of carbonyl (C=O) groups excluding carboxylic acids is 1. The molecule has 1 N–H and O–H groups in total. The van der Waals surface area contributed by atoms with Gasteiger partial charge in [0.1, 0.15) is 0 Å². The van der Waals surface area contributed by atoms with Crippen LogP contribution in [0, 0.1) is 20.8 Å². The largest absolute Gasteiger partial charge is 0.350 e. The van der Waals surface area contributed by atoms with Gasteiger partial charge >= 0.3 is 0 Å². The Morgan fingerprint density at radius 3 is 2.32 bits per heavy atom. The number of hydrogen-bond donors (Lipinski definition) is 1. The second-order valence-corrected chi connectivity index (χ2v) is 9.26. The summed E-state index contributed by atoms with van der Waals surface area (Å²) in [6.45, 7) is 8.22. The van der Waals surface area contributed by atoms with Crippen molar-refractivity contribution in [3.05, 3.63) is 64.7 Å². The highest BCUT2D eigenvalue weighted by atomic mass is 32.2. The summed E-state index contributed by atoms with van der Waals surface area (Å²) in [5, 5.41) is 3.00. The Hall–Kier alpha value is -2.34. The van der Waals surface area contributed by atoms with E-state index in [-0.39, 0.29) is 24.9 Å². The number of hydrogen-bond acceptors (Lipinski definition) is 3. The van der Waals surface area contributed by atoms with Gasteiger partial charge in [-0.1, -0.05) is 36.4 Å². The molecule has 0 unspecified atom stereocenters. The van der Waals surface area contributed by atoms with Gasteiger partial charge in [0.05, 0.1) is 18.0 Å². The zero-order valence-corrected chi connectivity index (χ0v) is 18.1. The van der Waals surface area contributed by atoms with Crippen LogP contribution in [0.15, 0.2) is 42.5 Å². The zero-order valence-electron chi connectivity index (χ0n) is 17.3. The van der Waals surface area contributed by atoms with Gasteiger partial charge in [0, 0.05) is 13.0 Å². The maximum absolute atomic E-state index is 12.3. The summed E-state index contributed by atoms with van der Waals surface area (Å²) in [6.07, 6.45) is 1.92. The van der Waals surface area contributed by atoms with Crippen molar-refractivity contribution in [2.45, 2.75) is 46.6 Å². The molecule has 1 amide bonds. The molecule has 0 saturated carbocycles. The van der Waals surface area contributed by atoms with Crippen molar-refractivity contribution in [3.8, 4) is 0 Å². The number of amides is 1. The molecule has 0 spiro atoms. The molecule has 0 aliphatic carbocycles. The molecule has 2 aromatic rings. The van der Waals surface area contributed by atoms with Gasteiger partial charge in [-0.3, -0.25) is 9.10 Å². The van der Waals surface area contributed by atoms with Crippen LogP contribution in [0.1, 0.15) is 48.1 Å². The lowest BCUT2D eigenvalue weighted by atomic mass is 10.0. The van der Waals surface area contributed by atoms with E-state index in [9.17, 15) is 13.2 Å².